The van der Waals surface area contributed by atoms with Crippen LogP contribution in [-0.4, -0.2) is 27.5 Å². The van der Waals surface area contributed by atoms with Gasteiger partial charge in [-0.25, -0.2) is 4.98 Å². The van der Waals surface area contributed by atoms with E-state index in [4.69, 9.17) is 16.3 Å². The Bertz CT molecular complexity index is 616. The first-order valence-electron chi connectivity index (χ1n) is 7.33. The van der Waals surface area contributed by atoms with Crippen LogP contribution in [-0.2, 0) is 13.0 Å². The predicted molar refractivity (Wildman–Crippen MR) is 87.1 cm³/mol. The van der Waals surface area contributed by atoms with E-state index in [0.717, 1.165) is 30.0 Å². The molecular formula is C16H24ClN3O. The minimum absolute atomic E-state index is 0.230. The molecule has 4 nitrogen and oxygen atoms in total. The maximum atomic E-state index is 5.92. The highest BCUT2D eigenvalue weighted by molar-refractivity contribution is 6.17. The molecule has 5 heteroatoms. The van der Waals surface area contributed by atoms with Crippen LogP contribution in [0.1, 0.15) is 33.5 Å². The monoisotopic (exact) mass is 309 g/mol. The molecular weight excluding hydrogens is 286 g/mol. The third-order valence-electron chi connectivity index (χ3n) is 4.11. The molecule has 0 amide bonds. The largest absolute Gasteiger partial charge is 0.481 e. The van der Waals surface area contributed by atoms with E-state index in [0.29, 0.717) is 17.7 Å². The minimum atomic E-state index is 0.230. The number of hydrogen-bond donors (Lipinski definition) is 0. The molecule has 0 bridgehead atoms. The molecule has 0 saturated heterocycles. The van der Waals surface area contributed by atoms with Crippen LogP contribution in [0.15, 0.2) is 12.1 Å². The van der Waals surface area contributed by atoms with Crippen molar-refractivity contribution in [2.45, 2.75) is 40.7 Å². The highest BCUT2D eigenvalue weighted by Gasteiger charge is 2.23. The number of ether oxygens (including phenoxy) is 1. The number of nitrogens with zero attached hydrogens (tertiary/aromatic N) is 3. The van der Waals surface area contributed by atoms with Crippen molar-refractivity contribution in [3.63, 3.8) is 0 Å². The van der Waals surface area contributed by atoms with Gasteiger partial charge in [0, 0.05) is 24.9 Å². The molecule has 2 aromatic heterocycles. The quantitative estimate of drug-likeness (QED) is 0.786. The van der Waals surface area contributed by atoms with Crippen molar-refractivity contribution in [1.29, 1.82) is 0 Å². The Hall–Kier alpha value is -1.29. The molecule has 21 heavy (non-hydrogen) atoms. The van der Waals surface area contributed by atoms with Crippen molar-refractivity contribution < 1.29 is 4.74 Å². The Morgan fingerprint density at radius 3 is 2.57 bits per heavy atom. The lowest BCUT2D eigenvalue weighted by Gasteiger charge is -2.28. The third kappa shape index (κ3) is 3.49. The van der Waals surface area contributed by atoms with Crippen molar-refractivity contribution in [1.82, 2.24) is 14.5 Å². The molecule has 0 spiro atoms. The summed E-state index contributed by atoms with van der Waals surface area (Å²) in [6, 6.07) is 3.80. The molecule has 0 radical (unpaired) electrons. The van der Waals surface area contributed by atoms with Crippen LogP contribution in [0.4, 0.5) is 0 Å². The molecule has 116 valence electrons. The number of aryl methyl sites for hydroxylation is 1. The summed E-state index contributed by atoms with van der Waals surface area (Å²) in [4.78, 5) is 9.24. The van der Waals surface area contributed by atoms with Crippen molar-refractivity contribution >= 4 is 22.8 Å². The number of fused-ring (bicyclic) bond motifs is 1. The fourth-order valence-electron chi connectivity index (χ4n) is 2.16. The molecule has 0 aliphatic carbocycles. The lowest BCUT2D eigenvalue weighted by atomic mass is 9.82. The lowest BCUT2D eigenvalue weighted by Crippen LogP contribution is -2.23. The van der Waals surface area contributed by atoms with Crippen LogP contribution in [0.2, 0.25) is 0 Å². The summed E-state index contributed by atoms with van der Waals surface area (Å²) in [5.74, 6) is 2.67. The second-order valence-electron chi connectivity index (χ2n) is 6.54. The van der Waals surface area contributed by atoms with Gasteiger partial charge in [-0.15, -0.1) is 11.6 Å². The zero-order valence-electron chi connectivity index (χ0n) is 13.5. The van der Waals surface area contributed by atoms with Gasteiger partial charge in [0.25, 0.3) is 0 Å². The molecule has 0 aliphatic heterocycles. The van der Waals surface area contributed by atoms with Crippen molar-refractivity contribution in [3.8, 4) is 5.88 Å². The van der Waals surface area contributed by atoms with E-state index in [1.54, 1.807) is 7.11 Å². The summed E-state index contributed by atoms with van der Waals surface area (Å²) < 4.78 is 7.43. The van der Waals surface area contributed by atoms with E-state index >= 15 is 0 Å². The Balaban J connectivity index is 2.48. The Kier molecular flexibility index (Phi) is 4.77. The van der Waals surface area contributed by atoms with Crippen LogP contribution >= 0.6 is 11.6 Å². The summed E-state index contributed by atoms with van der Waals surface area (Å²) in [5, 5.41) is 0. The Morgan fingerprint density at radius 1 is 1.29 bits per heavy atom. The first-order chi connectivity index (χ1) is 9.86. The number of hydrogen-bond acceptors (Lipinski definition) is 3. The molecule has 2 aromatic rings. The van der Waals surface area contributed by atoms with E-state index in [1.165, 1.54) is 0 Å². The summed E-state index contributed by atoms with van der Waals surface area (Å²) >= 11 is 5.92. The van der Waals surface area contributed by atoms with Gasteiger partial charge in [0.15, 0.2) is 5.65 Å². The fourth-order valence-corrected chi connectivity index (χ4v) is 2.33. The predicted octanol–water partition coefficient (Wildman–Crippen LogP) is 3.90. The van der Waals surface area contributed by atoms with Gasteiger partial charge in [-0.2, -0.15) is 4.98 Å². The Labute approximate surface area is 131 Å². The minimum Gasteiger partial charge on any atom is -0.481 e. The van der Waals surface area contributed by atoms with Gasteiger partial charge in [0.1, 0.15) is 11.3 Å². The highest BCUT2D eigenvalue weighted by atomic mass is 35.5. The first kappa shape index (κ1) is 16.1. The number of methoxy groups -OCH3 is 1. The normalized spacial score (nSPS) is 13.6. The van der Waals surface area contributed by atoms with E-state index in [-0.39, 0.29) is 5.41 Å². The second-order valence-corrected chi connectivity index (χ2v) is 6.92. The van der Waals surface area contributed by atoms with Gasteiger partial charge in [0.2, 0.25) is 5.88 Å². The molecule has 2 rings (SSSR count). The summed E-state index contributed by atoms with van der Waals surface area (Å²) in [7, 11) is 1.63. The first-order valence-corrected chi connectivity index (χ1v) is 7.86. The molecule has 0 N–H and O–H groups in total. The van der Waals surface area contributed by atoms with Gasteiger partial charge in [-0.3, -0.25) is 0 Å². The van der Waals surface area contributed by atoms with E-state index in [2.05, 4.69) is 42.2 Å². The maximum absolute atomic E-state index is 5.92. The van der Waals surface area contributed by atoms with Gasteiger partial charge >= 0.3 is 0 Å². The van der Waals surface area contributed by atoms with Crippen molar-refractivity contribution in [3.05, 3.63) is 18.0 Å². The van der Waals surface area contributed by atoms with Crippen LogP contribution < -0.4 is 4.74 Å². The van der Waals surface area contributed by atoms with Gasteiger partial charge in [-0.1, -0.05) is 27.7 Å². The van der Waals surface area contributed by atoms with Crippen molar-refractivity contribution in [2.24, 2.45) is 11.3 Å². The maximum Gasteiger partial charge on any atom is 0.215 e. The van der Waals surface area contributed by atoms with Gasteiger partial charge in [-0.05, 0) is 17.4 Å². The molecule has 0 aliphatic rings. The van der Waals surface area contributed by atoms with E-state index in [9.17, 15) is 0 Å². The number of alkyl halides is 1. The van der Waals surface area contributed by atoms with Crippen LogP contribution in [0.3, 0.4) is 0 Å². The zero-order chi connectivity index (χ0) is 15.6. The topological polar surface area (TPSA) is 39.9 Å². The summed E-state index contributed by atoms with van der Waals surface area (Å²) in [6.07, 6.45) is 0.747. The van der Waals surface area contributed by atoms with Crippen LogP contribution in [0.5, 0.6) is 5.88 Å². The zero-order valence-corrected chi connectivity index (χ0v) is 14.2. The van der Waals surface area contributed by atoms with Crippen molar-refractivity contribution in [2.75, 3.05) is 13.0 Å². The number of halogens is 1. The van der Waals surface area contributed by atoms with Gasteiger partial charge < -0.3 is 9.30 Å². The van der Waals surface area contributed by atoms with Crippen LogP contribution in [0, 0.1) is 11.3 Å². The molecule has 1 unspecified atom stereocenters. The lowest BCUT2D eigenvalue weighted by molar-refractivity contribution is 0.232. The smallest absolute Gasteiger partial charge is 0.215 e. The summed E-state index contributed by atoms with van der Waals surface area (Å²) in [5.41, 5.74) is 2.01. The average Bonchev–Trinajstić information content (AvgIpc) is 2.75. The number of imidazole rings is 1. The average molecular weight is 310 g/mol. The highest BCUT2D eigenvalue weighted by Crippen LogP contribution is 2.29. The Morgan fingerprint density at radius 2 is 2.00 bits per heavy atom. The summed E-state index contributed by atoms with van der Waals surface area (Å²) in [6.45, 7) is 9.91. The van der Waals surface area contributed by atoms with E-state index < -0.39 is 0 Å². The number of pyridine rings is 1. The fraction of sp³-hybridized carbons (Fsp3) is 0.625. The van der Waals surface area contributed by atoms with Crippen LogP contribution in [0.25, 0.3) is 11.2 Å². The standard InChI is InChI=1S/C16H24ClN3O/c1-11(16(2,3)4)10-20-13(8-9-17)18-12-6-7-14(21-5)19-15(12)20/h6-7,11H,8-10H2,1-5H3. The molecule has 2 heterocycles. The molecule has 0 aromatic carbocycles. The second kappa shape index (κ2) is 6.22. The number of aromatic nitrogens is 3. The van der Waals surface area contributed by atoms with Gasteiger partial charge in [0.05, 0.1) is 7.11 Å². The molecule has 1 atom stereocenters. The third-order valence-corrected chi connectivity index (χ3v) is 4.30. The SMILES string of the molecule is COc1ccc2nc(CCCl)n(CC(C)C(C)(C)C)c2n1. The number of rotatable bonds is 5. The molecule has 0 saturated carbocycles. The van der Waals surface area contributed by atoms with E-state index in [1.807, 2.05) is 12.1 Å². The molecule has 0 fully saturated rings.